The second kappa shape index (κ2) is 7.63. The minimum Gasteiger partial charge on any atom is -0.466 e. The van der Waals surface area contributed by atoms with E-state index in [1.54, 1.807) is 0 Å². The Bertz CT molecular complexity index is 441. The lowest BCUT2D eigenvalue weighted by molar-refractivity contribution is -0.146. The number of esters is 1. The summed E-state index contributed by atoms with van der Waals surface area (Å²) in [5.74, 6) is -0.0108. The number of hydrogen-bond acceptors (Lipinski definition) is 2. The van der Waals surface area contributed by atoms with Crippen LogP contribution in [0.15, 0.2) is 24.3 Å². The predicted octanol–water partition coefficient (Wildman–Crippen LogP) is 4.83. The minimum absolute atomic E-state index is 0.0108. The van der Waals surface area contributed by atoms with Crippen molar-refractivity contribution in [2.75, 3.05) is 6.61 Å². The van der Waals surface area contributed by atoms with Crippen molar-refractivity contribution >= 4 is 5.97 Å². The topological polar surface area (TPSA) is 26.3 Å². The molecule has 1 aliphatic carbocycles. The number of carbonyl (C=O) groups excluding carboxylic acids is 1. The van der Waals surface area contributed by atoms with Crippen molar-refractivity contribution in [3.63, 3.8) is 0 Å². The molecule has 1 fully saturated rings. The van der Waals surface area contributed by atoms with Crippen LogP contribution >= 0.6 is 0 Å². The molecule has 2 heteroatoms. The Kier molecular flexibility index (Phi) is 5.84. The highest BCUT2D eigenvalue weighted by atomic mass is 16.5. The van der Waals surface area contributed by atoms with Crippen molar-refractivity contribution < 1.29 is 9.53 Å². The highest BCUT2D eigenvalue weighted by Gasteiger charge is 2.34. The van der Waals surface area contributed by atoms with E-state index in [0.29, 0.717) is 13.0 Å². The molecule has 1 aromatic carbocycles. The Balaban J connectivity index is 1.98. The molecule has 2 nitrogen and oxygen atoms in total. The van der Waals surface area contributed by atoms with E-state index in [0.717, 1.165) is 12.8 Å². The van der Waals surface area contributed by atoms with Crippen LogP contribution < -0.4 is 0 Å². The Morgan fingerprint density at radius 1 is 1.14 bits per heavy atom. The molecule has 116 valence electrons. The van der Waals surface area contributed by atoms with Gasteiger partial charge in [0.15, 0.2) is 0 Å². The Morgan fingerprint density at radius 2 is 1.81 bits per heavy atom. The smallest absolute Gasteiger partial charge is 0.306 e. The van der Waals surface area contributed by atoms with E-state index in [1.807, 2.05) is 6.92 Å². The predicted molar refractivity (Wildman–Crippen MR) is 86.3 cm³/mol. The first-order valence-corrected chi connectivity index (χ1v) is 8.35. The van der Waals surface area contributed by atoms with Gasteiger partial charge in [0.05, 0.1) is 13.0 Å². The van der Waals surface area contributed by atoms with Gasteiger partial charge >= 0.3 is 5.97 Å². The average molecular weight is 288 g/mol. The number of rotatable bonds is 6. The quantitative estimate of drug-likeness (QED) is 0.701. The molecular formula is C19H28O2. The number of ether oxygens (including phenoxy) is 1. The molecule has 0 amide bonds. The van der Waals surface area contributed by atoms with Crippen LogP contribution in [0, 0.1) is 12.3 Å². The summed E-state index contributed by atoms with van der Waals surface area (Å²) in [5, 5.41) is 0. The van der Waals surface area contributed by atoms with Crippen molar-refractivity contribution in [2.24, 2.45) is 5.41 Å². The van der Waals surface area contributed by atoms with Crippen molar-refractivity contribution in [1.29, 1.82) is 0 Å². The lowest BCUT2D eigenvalue weighted by Gasteiger charge is -2.36. The summed E-state index contributed by atoms with van der Waals surface area (Å²) in [6.45, 7) is 4.50. The molecule has 1 aromatic rings. The van der Waals surface area contributed by atoms with Crippen molar-refractivity contribution in [1.82, 2.24) is 0 Å². The summed E-state index contributed by atoms with van der Waals surface area (Å²) in [6, 6.07) is 8.79. The molecule has 0 aromatic heterocycles. The second-order valence-corrected chi connectivity index (χ2v) is 6.53. The van der Waals surface area contributed by atoms with Gasteiger partial charge < -0.3 is 4.74 Å². The van der Waals surface area contributed by atoms with Crippen LogP contribution in [-0.2, 0) is 16.0 Å². The molecule has 0 heterocycles. The molecular weight excluding hydrogens is 260 g/mol. The zero-order chi connectivity index (χ0) is 15.1. The lowest BCUT2D eigenvalue weighted by Crippen LogP contribution is -2.29. The van der Waals surface area contributed by atoms with Crippen LogP contribution in [0.25, 0.3) is 0 Å². The number of hydrogen-bond donors (Lipinski definition) is 0. The summed E-state index contributed by atoms with van der Waals surface area (Å²) < 4.78 is 5.20. The average Bonchev–Trinajstić information content (AvgIpc) is 2.48. The highest BCUT2D eigenvalue weighted by Crippen LogP contribution is 2.43. The van der Waals surface area contributed by atoms with Gasteiger partial charge in [-0.3, -0.25) is 4.79 Å². The molecule has 21 heavy (non-hydrogen) atoms. The monoisotopic (exact) mass is 288 g/mol. The zero-order valence-corrected chi connectivity index (χ0v) is 13.5. The third-order valence-corrected chi connectivity index (χ3v) is 4.80. The normalized spacial score (nSPS) is 17.4. The molecule has 0 saturated heterocycles. The number of aryl methyl sites for hydroxylation is 2. The SMILES string of the molecule is CCOC(=O)CC1(CCc2ccc(C)cc2)CCCCC1. The van der Waals surface area contributed by atoms with Gasteiger partial charge in [0.1, 0.15) is 0 Å². The van der Waals surface area contributed by atoms with Gasteiger partial charge in [0.2, 0.25) is 0 Å². The maximum absolute atomic E-state index is 12.0. The first-order valence-electron chi connectivity index (χ1n) is 8.35. The highest BCUT2D eigenvalue weighted by molar-refractivity contribution is 5.70. The molecule has 0 radical (unpaired) electrons. The van der Waals surface area contributed by atoms with Crippen molar-refractivity contribution in [3.05, 3.63) is 35.4 Å². The van der Waals surface area contributed by atoms with Crippen LogP contribution in [0.4, 0.5) is 0 Å². The third kappa shape index (κ3) is 4.87. The first-order chi connectivity index (χ1) is 10.1. The minimum atomic E-state index is -0.0108. The standard InChI is InChI=1S/C19H28O2/c1-3-21-18(20)15-19(12-5-4-6-13-19)14-11-17-9-7-16(2)8-10-17/h7-10H,3-6,11-15H2,1-2H3. The van der Waals surface area contributed by atoms with E-state index in [2.05, 4.69) is 31.2 Å². The summed E-state index contributed by atoms with van der Waals surface area (Å²) in [5.41, 5.74) is 2.86. The van der Waals surface area contributed by atoms with Crippen LogP contribution in [0.1, 0.15) is 63.0 Å². The molecule has 0 N–H and O–H groups in total. The molecule has 0 bridgehead atoms. The van der Waals surface area contributed by atoms with E-state index in [4.69, 9.17) is 4.74 Å². The van der Waals surface area contributed by atoms with Crippen LogP contribution in [0.5, 0.6) is 0 Å². The summed E-state index contributed by atoms with van der Waals surface area (Å²) in [4.78, 5) is 12.0. The van der Waals surface area contributed by atoms with E-state index >= 15 is 0 Å². The van der Waals surface area contributed by atoms with E-state index in [1.165, 1.54) is 43.2 Å². The molecule has 0 spiro atoms. The maximum atomic E-state index is 12.0. The molecule has 1 aliphatic rings. The van der Waals surface area contributed by atoms with Crippen molar-refractivity contribution in [3.8, 4) is 0 Å². The van der Waals surface area contributed by atoms with Gasteiger partial charge in [-0.2, -0.15) is 0 Å². The fourth-order valence-electron chi connectivity index (χ4n) is 3.50. The van der Waals surface area contributed by atoms with Crippen LogP contribution in [0.3, 0.4) is 0 Å². The molecule has 0 aliphatic heterocycles. The number of benzene rings is 1. The van der Waals surface area contributed by atoms with Crippen molar-refractivity contribution in [2.45, 2.75) is 65.2 Å². The molecule has 2 rings (SSSR count). The van der Waals surface area contributed by atoms with Gasteiger partial charge in [0, 0.05) is 0 Å². The van der Waals surface area contributed by atoms with Crippen LogP contribution in [0.2, 0.25) is 0 Å². The maximum Gasteiger partial charge on any atom is 0.306 e. The van der Waals surface area contributed by atoms with Gasteiger partial charge in [-0.05, 0) is 50.5 Å². The second-order valence-electron chi connectivity index (χ2n) is 6.53. The summed E-state index contributed by atoms with van der Waals surface area (Å²) >= 11 is 0. The fourth-order valence-corrected chi connectivity index (χ4v) is 3.50. The van der Waals surface area contributed by atoms with Crippen LogP contribution in [-0.4, -0.2) is 12.6 Å². The zero-order valence-electron chi connectivity index (χ0n) is 13.5. The largest absolute Gasteiger partial charge is 0.466 e. The Hall–Kier alpha value is -1.31. The fraction of sp³-hybridized carbons (Fsp3) is 0.632. The Labute approximate surface area is 128 Å². The van der Waals surface area contributed by atoms with Gasteiger partial charge in [-0.25, -0.2) is 0 Å². The summed E-state index contributed by atoms with van der Waals surface area (Å²) in [7, 11) is 0. The van der Waals surface area contributed by atoms with Gasteiger partial charge in [-0.1, -0.05) is 49.1 Å². The lowest BCUT2D eigenvalue weighted by atomic mass is 9.68. The van der Waals surface area contributed by atoms with E-state index < -0.39 is 0 Å². The Morgan fingerprint density at radius 3 is 2.43 bits per heavy atom. The van der Waals surface area contributed by atoms with E-state index in [9.17, 15) is 4.79 Å². The summed E-state index contributed by atoms with van der Waals surface area (Å²) in [6.07, 6.45) is 8.96. The molecule has 1 saturated carbocycles. The van der Waals surface area contributed by atoms with E-state index in [-0.39, 0.29) is 11.4 Å². The molecule has 0 unspecified atom stereocenters. The van der Waals surface area contributed by atoms with Gasteiger partial charge in [-0.15, -0.1) is 0 Å². The first kappa shape index (κ1) is 16.1. The molecule has 0 atom stereocenters. The van der Waals surface area contributed by atoms with Gasteiger partial charge in [0.25, 0.3) is 0 Å². The number of carbonyl (C=O) groups is 1. The third-order valence-electron chi connectivity index (χ3n) is 4.80.